The first kappa shape index (κ1) is 47.4. The van der Waals surface area contributed by atoms with Crippen molar-refractivity contribution in [3.63, 3.8) is 0 Å². The number of allylic oxidation sites excluding steroid dienone is 5. The van der Waals surface area contributed by atoms with E-state index >= 15 is 0 Å². The van der Waals surface area contributed by atoms with Gasteiger partial charge < -0.3 is 9.13 Å². The standard InChI is InChI=1S/C63H72N4/c1-38(2)30-40(5)51-35-63(37-65,67-54-28-24-45(61(12,13)14)33-49(54)50-34-46(62(15,16)17)25-29-55(50)67)57(42-20-18-41(36-64)19-21-42)56(39(3)4)58(51)66-52-26-22-43(59(6,7)8)31-47(52)48-32-44(60(9,10)11)23-27-53(48)66/h18-29,31-34,39-40H,1,30,35H2,2-17H3. The molecule has 8 rings (SSSR count). The van der Waals surface area contributed by atoms with E-state index in [1.54, 1.807) is 0 Å². The largest absolute Gasteiger partial charge is 0.317 e. The van der Waals surface area contributed by atoms with Gasteiger partial charge in [-0.05, 0) is 146 Å². The summed E-state index contributed by atoms with van der Waals surface area (Å²) in [5, 5.41) is 27.5. The van der Waals surface area contributed by atoms with Crippen LogP contribution in [0.4, 0.5) is 0 Å². The highest BCUT2D eigenvalue weighted by Crippen LogP contribution is 2.56. The fourth-order valence-corrected chi connectivity index (χ4v) is 10.8. The van der Waals surface area contributed by atoms with Crippen LogP contribution in [0, 0.1) is 34.5 Å². The molecule has 0 saturated carbocycles. The summed E-state index contributed by atoms with van der Waals surface area (Å²) in [6.07, 6.45) is 1.25. The third-order valence-corrected chi connectivity index (χ3v) is 14.6. The monoisotopic (exact) mass is 885 g/mol. The Morgan fingerprint density at radius 3 is 1.33 bits per heavy atom. The smallest absolute Gasteiger partial charge is 0.162 e. The summed E-state index contributed by atoms with van der Waals surface area (Å²) >= 11 is 0. The van der Waals surface area contributed by atoms with Crippen molar-refractivity contribution in [3.8, 4) is 12.1 Å². The highest BCUT2D eigenvalue weighted by atomic mass is 15.1. The zero-order valence-corrected chi connectivity index (χ0v) is 43.3. The summed E-state index contributed by atoms with van der Waals surface area (Å²) in [7, 11) is 0. The van der Waals surface area contributed by atoms with E-state index in [4.69, 9.17) is 0 Å². The molecule has 0 radical (unpaired) electrons. The molecule has 5 aromatic carbocycles. The molecule has 0 amide bonds. The number of nitriles is 2. The van der Waals surface area contributed by atoms with Crippen molar-refractivity contribution in [2.24, 2.45) is 11.8 Å². The molecule has 2 unspecified atom stereocenters. The van der Waals surface area contributed by atoms with E-state index < -0.39 is 5.54 Å². The van der Waals surface area contributed by atoms with Crippen LogP contribution in [0.15, 0.2) is 120 Å². The highest BCUT2D eigenvalue weighted by Gasteiger charge is 2.48. The third-order valence-electron chi connectivity index (χ3n) is 14.6. The number of rotatable bonds is 7. The minimum Gasteiger partial charge on any atom is -0.317 e. The molecule has 1 aliphatic rings. The van der Waals surface area contributed by atoms with Crippen LogP contribution in [-0.2, 0) is 27.2 Å². The average Bonchev–Trinajstić information content (AvgIpc) is 3.75. The van der Waals surface area contributed by atoms with Crippen LogP contribution in [0.3, 0.4) is 0 Å². The Morgan fingerprint density at radius 2 is 0.985 bits per heavy atom. The second-order valence-electron chi connectivity index (χ2n) is 24.3. The van der Waals surface area contributed by atoms with E-state index in [2.05, 4.69) is 224 Å². The number of aromatic nitrogens is 2. The van der Waals surface area contributed by atoms with Crippen molar-refractivity contribution >= 4 is 54.9 Å². The van der Waals surface area contributed by atoms with Gasteiger partial charge in [-0.1, -0.05) is 146 Å². The van der Waals surface area contributed by atoms with Gasteiger partial charge in [-0.2, -0.15) is 10.5 Å². The van der Waals surface area contributed by atoms with Crippen molar-refractivity contribution in [1.29, 1.82) is 10.5 Å². The molecule has 0 fully saturated rings. The predicted molar refractivity (Wildman–Crippen MR) is 287 cm³/mol. The zero-order valence-electron chi connectivity index (χ0n) is 43.3. The van der Waals surface area contributed by atoms with Crippen molar-refractivity contribution in [3.05, 3.63) is 154 Å². The molecule has 344 valence electrons. The Morgan fingerprint density at radius 1 is 0.597 bits per heavy atom. The lowest BCUT2D eigenvalue weighted by Gasteiger charge is -2.43. The SMILES string of the molecule is C=C(C)CC(C)C1=C(n2c3ccc(C(C)(C)C)cc3c3cc(C(C)(C)C)ccc32)C(C(C)C)=C(c2ccc(C#N)cc2)C(C#N)(n2c3ccc(C(C)(C)C)cc3c3cc(C(C)(C)C)ccc32)C1. The van der Waals surface area contributed by atoms with Crippen LogP contribution in [0.5, 0.6) is 0 Å². The van der Waals surface area contributed by atoms with Gasteiger partial charge in [-0.15, -0.1) is 6.58 Å². The second kappa shape index (κ2) is 16.3. The average molecular weight is 885 g/mol. The molecule has 2 atom stereocenters. The minimum atomic E-state index is -1.19. The van der Waals surface area contributed by atoms with Crippen LogP contribution < -0.4 is 0 Å². The first-order valence-electron chi connectivity index (χ1n) is 24.4. The van der Waals surface area contributed by atoms with Crippen LogP contribution in [0.2, 0.25) is 0 Å². The fraction of sp³-hybridized carbons (Fsp3) is 0.397. The van der Waals surface area contributed by atoms with Crippen LogP contribution >= 0.6 is 0 Å². The maximum absolute atomic E-state index is 12.6. The number of nitrogens with zero attached hydrogens (tertiary/aromatic N) is 4. The second-order valence-corrected chi connectivity index (χ2v) is 24.3. The molecule has 1 aliphatic carbocycles. The Kier molecular flexibility index (Phi) is 11.5. The number of hydrogen-bond donors (Lipinski definition) is 0. The lowest BCUT2D eigenvalue weighted by molar-refractivity contribution is 0.473. The molecule has 0 bridgehead atoms. The molecule has 4 nitrogen and oxygen atoms in total. The van der Waals surface area contributed by atoms with Crippen molar-refractivity contribution in [2.75, 3.05) is 0 Å². The quantitative estimate of drug-likeness (QED) is 0.150. The van der Waals surface area contributed by atoms with Crippen LogP contribution in [0.25, 0.3) is 54.9 Å². The Hall–Kier alpha value is -6.10. The van der Waals surface area contributed by atoms with E-state index in [1.165, 1.54) is 44.3 Å². The first-order valence-corrected chi connectivity index (χ1v) is 24.4. The van der Waals surface area contributed by atoms with Gasteiger partial charge in [-0.25, -0.2) is 0 Å². The summed E-state index contributed by atoms with van der Waals surface area (Å²) in [6.45, 7) is 41.0. The molecule has 7 aromatic rings. The van der Waals surface area contributed by atoms with Gasteiger partial charge in [0.25, 0.3) is 0 Å². The first-order chi connectivity index (χ1) is 31.2. The molecule has 0 spiro atoms. The van der Waals surface area contributed by atoms with Crippen LogP contribution in [-0.4, -0.2) is 9.13 Å². The highest BCUT2D eigenvalue weighted by molar-refractivity contribution is 6.13. The molecule has 4 heteroatoms. The minimum absolute atomic E-state index is 0.0102. The van der Waals surface area contributed by atoms with Crippen molar-refractivity contribution in [2.45, 2.75) is 151 Å². The molecule has 0 N–H and O–H groups in total. The Bertz CT molecular complexity index is 3150. The maximum atomic E-state index is 12.6. The summed E-state index contributed by atoms with van der Waals surface area (Å²) < 4.78 is 4.97. The lowest BCUT2D eigenvalue weighted by atomic mass is 9.67. The van der Waals surface area contributed by atoms with E-state index in [1.807, 2.05) is 12.1 Å². The Balaban J connectivity index is 1.61. The van der Waals surface area contributed by atoms with Gasteiger partial charge in [-0.3, -0.25) is 0 Å². The maximum Gasteiger partial charge on any atom is 0.162 e. The zero-order chi connectivity index (χ0) is 48.9. The molecule has 67 heavy (non-hydrogen) atoms. The number of fused-ring (bicyclic) bond motifs is 6. The van der Waals surface area contributed by atoms with Gasteiger partial charge in [0.05, 0.1) is 39.8 Å². The molecule has 2 heterocycles. The summed E-state index contributed by atoms with van der Waals surface area (Å²) in [6, 6.07) is 41.6. The van der Waals surface area contributed by atoms with Crippen molar-refractivity contribution in [1.82, 2.24) is 9.13 Å². The summed E-state index contributed by atoms with van der Waals surface area (Å²) in [5.74, 6) is 0.0451. The topological polar surface area (TPSA) is 57.4 Å². The van der Waals surface area contributed by atoms with Gasteiger partial charge in [0.1, 0.15) is 0 Å². The summed E-state index contributed by atoms with van der Waals surface area (Å²) in [5.41, 5.74) is 15.3. The van der Waals surface area contributed by atoms with E-state index in [9.17, 15) is 10.5 Å². The lowest BCUT2D eigenvalue weighted by Crippen LogP contribution is -2.39. The van der Waals surface area contributed by atoms with Gasteiger partial charge in [0.15, 0.2) is 5.54 Å². The number of benzene rings is 5. The molecular formula is C63H72N4. The molecule has 2 aromatic heterocycles. The van der Waals surface area contributed by atoms with E-state index in [0.717, 1.165) is 61.5 Å². The third kappa shape index (κ3) is 8.05. The fourth-order valence-electron chi connectivity index (χ4n) is 10.8. The summed E-state index contributed by atoms with van der Waals surface area (Å²) in [4.78, 5) is 0. The number of hydrogen-bond acceptors (Lipinski definition) is 2. The molecule has 0 saturated heterocycles. The van der Waals surface area contributed by atoms with Gasteiger partial charge >= 0.3 is 0 Å². The molecular weight excluding hydrogens is 813 g/mol. The predicted octanol–water partition coefficient (Wildman–Crippen LogP) is 17.2. The molecule has 0 aliphatic heterocycles. The normalized spacial score (nSPS) is 17.0. The van der Waals surface area contributed by atoms with Gasteiger partial charge in [0.2, 0.25) is 0 Å². The Labute approximate surface area is 401 Å². The van der Waals surface area contributed by atoms with E-state index in [0.29, 0.717) is 12.0 Å². The van der Waals surface area contributed by atoms with E-state index in [-0.39, 0.29) is 33.5 Å². The van der Waals surface area contributed by atoms with Gasteiger partial charge in [0, 0.05) is 39.2 Å². The van der Waals surface area contributed by atoms with Crippen molar-refractivity contribution < 1.29 is 0 Å². The van der Waals surface area contributed by atoms with Crippen LogP contribution in [0.1, 0.15) is 157 Å².